The van der Waals surface area contributed by atoms with Crippen molar-refractivity contribution in [1.82, 2.24) is 25.4 Å². The fourth-order valence-electron chi connectivity index (χ4n) is 4.43. The van der Waals surface area contributed by atoms with Crippen LogP contribution in [0.4, 0.5) is 24.7 Å². The maximum atomic E-state index is 13.4. The Morgan fingerprint density at radius 1 is 1.19 bits per heavy atom. The Morgan fingerprint density at radius 2 is 1.97 bits per heavy atom. The summed E-state index contributed by atoms with van der Waals surface area (Å²) in [7, 11) is 0. The van der Waals surface area contributed by atoms with Gasteiger partial charge in [-0.1, -0.05) is 5.92 Å². The lowest BCUT2D eigenvalue weighted by Gasteiger charge is -2.35. The topological polar surface area (TPSA) is 121 Å². The van der Waals surface area contributed by atoms with Gasteiger partial charge in [0.15, 0.2) is 0 Å². The Labute approximate surface area is 211 Å². The molecule has 2 aromatic rings. The molecule has 2 aliphatic rings. The smallest absolute Gasteiger partial charge is 0.356 e. The summed E-state index contributed by atoms with van der Waals surface area (Å²) in [5, 5.41) is 17.1. The lowest BCUT2D eigenvalue weighted by atomic mass is 10.2. The lowest BCUT2D eigenvalue weighted by molar-refractivity contribution is -0.138. The molecule has 4 heterocycles. The van der Waals surface area contributed by atoms with Crippen LogP contribution in [-0.4, -0.2) is 71.3 Å². The van der Waals surface area contributed by atoms with E-state index in [1.807, 2.05) is 11.2 Å². The zero-order valence-corrected chi connectivity index (χ0v) is 19.9. The molecule has 0 aliphatic carbocycles. The highest BCUT2D eigenvalue weighted by atomic mass is 19.4. The number of aromatic nitrogens is 3. The predicted molar refractivity (Wildman–Crippen MR) is 128 cm³/mol. The summed E-state index contributed by atoms with van der Waals surface area (Å²) in [6.07, 6.45) is -0.866. The van der Waals surface area contributed by atoms with Crippen molar-refractivity contribution in [1.29, 1.82) is 5.26 Å². The molecule has 194 valence electrons. The van der Waals surface area contributed by atoms with Crippen LogP contribution in [0.1, 0.15) is 30.4 Å². The molecule has 0 spiro atoms. The Hall–Kier alpha value is -4.26. The summed E-state index contributed by atoms with van der Waals surface area (Å²) < 4.78 is 40.3. The molecule has 0 bridgehead atoms. The average molecular weight is 515 g/mol. The third kappa shape index (κ3) is 6.12. The predicted octanol–water partition coefficient (Wildman–Crippen LogP) is 1.31. The summed E-state index contributed by atoms with van der Waals surface area (Å²) in [5.74, 6) is 3.66. The van der Waals surface area contributed by atoms with Gasteiger partial charge in [0.25, 0.3) is 5.56 Å². The highest BCUT2D eigenvalue weighted by Crippen LogP contribution is 2.36. The normalized spacial score (nSPS) is 17.7. The van der Waals surface area contributed by atoms with E-state index in [0.717, 1.165) is 12.0 Å². The van der Waals surface area contributed by atoms with Crippen LogP contribution in [0.15, 0.2) is 29.3 Å². The average Bonchev–Trinajstić information content (AvgIpc) is 3.36. The highest BCUT2D eigenvalue weighted by Gasteiger charge is 2.40. The number of nitriles is 1. The van der Waals surface area contributed by atoms with Crippen LogP contribution in [0.3, 0.4) is 0 Å². The minimum absolute atomic E-state index is 0.0198. The Balaban J connectivity index is 1.25. The number of carbonyl (C=O) groups is 1. The quantitative estimate of drug-likeness (QED) is 0.348. The number of anilines is 2. The molecule has 0 aromatic carbocycles. The largest absolute Gasteiger partial charge is 0.423 e. The van der Waals surface area contributed by atoms with E-state index in [1.165, 1.54) is 11.1 Å². The number of alkyl halides is 3. The van der Waals surface area contributed by atoms with E-state index in [9.17, 15) is 22.8 Å². The zero-order chi connectivity index (χ0) is 26.4. The molecule has 0 radical (unpaired) electrons. The van der Waals surface area contributed by atoms with Crippen LogP contribution in [0.5, 0.6) is 0 Å². The van der Waals surface area contributed by atoms with Gasteiger partial charge in [0, 0.05) is 57.9 Å². The number of hydrogen-bond donors (Lipinski definition) is 2. The van der Waals surface area contributed by atoms with Crippen LogP contribution >= 0.6 is 0 Å². The third-order valence-electron chi connectivity index (χ3n) is 6.31. The molecule has 2 aliphatic heterocycles. The lowest BCUT2D eigenvalue weighted by Crippen LogP contribution is -2.49. The molecular weight excluding hydrogens is 489 g/mol. The molecular formula is C24H25F3N8O2. The number of piperazine rings is 1. The second kappa shape index (κ2) is 11.2. The highest BCUT2D eigenvalue weighted by molar-refractivity contribution is 5.76. The van der Waals surface area contributed by atoms with Crippen molar-refractivity contribution in [3.8, 4) is 18.0 Å². The first-order valence-corrected chi connectivity index (χ1v) is 11.8. The van der Waals surface area contributed by atoms with Crippen LogP contribution in [0, 0.1) is 23.3 Å². The number of nitrogens with zero attached hydrogens (tertiary/aromatic N) is 6. The first-order valence-electron chi connectivity index (χ1n) is 11.8. The molecule has 2 saturated heterocycles. The van der Waals surface area contributed by atoms with Crippen LogP contribution < -0.4 is 20.7 Å². The molecule has 10 nitrogen and oxygen atoms in total. The van der Waals surface area contributed by atoms with E-state index in [-0.39, 0.29) is 18.0 Å². The van der Waals surface area contributed by atoms with E-state index >= 15 is 0 Å². The molecule has 0 unspecified atom stereocenters. The Kier molecular flexibility index (Phi) is 7.82. The standard InChI is InChI=1S/C24H25F3N8O2/c25-24(26,27)22-19(16-31-32-23(22)37)35-9-1-2-18(35)5-7-29-8-6-21(36)34-12-10-33(11-13-34)20-4-3-17(14-28)15-30-20/h3-4,15-16,18,29H,1-2,6,8-13H2,(H,32,37)/t18-/m0/s1. The zero-order valence-electron chi connectivity index (χ0n) is 19.9. The first-order chi connectivity index (χ1) is 17.8. The van der Waals surface area contributed by atoms with Gasteiger partial charge in [-0.25, -0.2) is 10.1 Å². The molecule has 2 N–H and O–H groups in total. The fourth-order valence-corrected chi connectivity index (χ4v) is 4.43. The molecule has 1 amide bonds. The Bertz CT molecular complexity index is 1270. The number of amides is 1. The van der Waals surface area contributed by atoms with Crippen molar-refractivity contribution in [2.45, 2.75) is 31.5 Å². The van der Waals surface area contributed by atoms with Gasteiger partial charge in [-0.15, -0.1) is 0 Å². The van der Waals surface area contributed by atoms with Crippen LogP contribution in [0.25, 0.3) is 0 Å². The van der Waals surface area contributed by atoms with Gasteiger partial charge in [0.2, 0.25) is 5.91 Å². The molecule has 37 heavy (non-hydrogen) atoms. The molecule has 4 rings (SSSR count). The van der Waals surface area contributed by atoms with Crippen molar-refractivity contribution in [3.63, 3.8) is 0 Å². The van der Waals surface area contributed by atoms with Crippen LogP contribution in [-0.2, 0) is 11.0 Å². The maximum Gasteiger partial charge on any atom is 0.423 e. The van der Waals surface area contributed by atoms with E-state index in [2.05, 4.69) is 32.3 Å². The number of H-pyrrole nitrogens is 1. The second-order valence-corrected chi connectivity index (χ2v) is 8.64. The number of aromatic amines is 1. The second-order valence-electron chi connectivity index (χ2n) is 8.64. The number of nitrogens with one attached hydrogen (secondary N) is 2. The number of halogens is 3. The number of rotatable bonds is 5. The Morgan fingerprint density at radius 3 is 2.65 bits per heavy atom. The summed E-state index contributed by atoms with van der Waals surface area (Å²) in [4.78, 5) is 33.9. The van der Waals surface area contributed by atoms with Crippen molar-refractivity contribution in [2.24, 2.45) is 0 Å². The molecule has 2 aromatic heterocycles. The monoisotopic (exact) mass is 514 g/mol. The van der Waals surface area contributed by atoms with E-state index in [0.29, 0.717) is 57.7 Å². The number of carbonyl (C=O) groups excluding carboxylic acids is 1. The van der Waals surface area contributed by atoms with E-state index in [1.54, 1.807) is 17.0 Å². The van der Waals surface area contributed by atoms with Gasteiger partial charge in [0.1, 0.15) is 17.5 Å². The third-order valence-corrected chi connectivity index (χ3v) is 6.31. The van der Waals surface area contributed by atoms with Crippen molar-refractivity contribution < 1.29 is 18.0 Å². The summed E-state index contributed by atoms with van der Waals surface area (Å²) in [6.45, 7) is 3.00. The van der Waals surface area contributed by atoms with Gasteiger partial charge in [-0.3, -0.25) is 9.59 Å². The van der Waals surface area contributed by atoms with Gasteiger partial charge in [0.05, 0.1) is 23.5 Å². The SMILES string of the molecule is N#Cc1ccc(N2CCN(C(=O)CCNC#C[C@@H]3CCCN3c3cn[nH]c(=O)c3C(F)(F)F)CC2)nc1. The fraction of sp³-hybridized carbons (Fsp3) is 0.458. The van der Waals surface area contributed by atoms with E-state index in [4.69, 9.17) is 5.26 Å². The van der Waals surface area contributed by atoms with Gasteiger partial charge in [-0.05, 0) is 25.0 Å². The summed E-state index contributed by atoms with van der Waals surface area (Å²) >= 11 is 0. The number of hydrogen-bond acceptors (Lipinski definition) is 8. The minimum atomic E-state index is -4.81. The van der Waals surface area contributed by atoms with Crippen molar-refractivity contribution in [2.75, 3.05) is 49.1 Å². The minimum Gasteiger partial charge on any atom is -0.356 e. The van der Waals surface area contributed by atoms with Crippen LogP contribution in [0.2, 0.25) is 0 Å². The molecule has 0 saturated carbocycles. The van der Waals surface area contributed by atoms with Crippen molar-refractivity contribution >= 4 is 17.4 Å². The summed E-state index contributed by atoms with van der Waals surface area (Å²) in [5.41, 5.74) is -2.34. The molecule has 13 heteroatoms. The van der Waals surface area contributed by atoms with Gasteiger partial charge >= 0.3 is 6.18 Å². The van der Waals surface area contributed by atoms with Crippen molar-refractivity contribution in [3.05, 3.63) is 46.0 Å². The van der Waals surface area contributed by atoms with Gasteiger partial charge < -0.3 is 20.0 Å². The first kappa shape index (κ1) is 25.8. The molecule has 1 atom stereocenters. The maximum absolute atomic E-state index is 13.4. The van der Waals surface area contributed by atoms with E-state index < -0.39 is 23.3 Å². The van der Waals surface area contributed by atoms with Gasteiger partial charge in [-0.2, -0.15) is 23.5 Å². The molecule has 2 fully saturated rings. The summed E-state index contributed by atoms with van der Waals surface area (Å²) in [6, 6.07) is 7.79. The number of pyridine rings is 1.